The molecule has 1 aromatic heterocycles. The molecule has 0 amide bonds. The third-order valence-corrected chi connectivity index (χ3v) is 4.50. The summed E-state index contributed by atoms with van der Waals surface area (Å²) >= 11 is 1.89. The zero-order chi connectivity index (χ0) is 9.64. The molecule has 2 N–H and O–H groups in total. The monoisotopic (exact) mass is 195 g/mol. The van der Waals surface area contributed by atoms with E-state index in [1.165, 1.54) is 10.4 Å². The Balaban J connectivity index is 2.21. The van der Waals surface area contributed by atoms with Crippen molar-refractivity contribution in [1.29, 1.82) is 0 Å². The third kappa shape index (κ3) is 1.32. The van der Waals surface area contributed by atoms with Crippen molar-refractivity contribution in [3.63, 3.8) is 0 Å². The minimum absolute atomic E-state index is 0.437. The van der Waals surface area contributed by atoms with E-state index in [1.54, 1.807) is 0 Å². The first-order valence-corrected chi connectivity index (χ1v) is 5.70. The SMILES string of the molecule is Cc1csc([C@@H]2[C@@H](CN)C2(C)C)c1. The Kier molecular flexibility index (Phi) is 2.00. The van der Waals surface area contributed by atoms with Crippen LogP contribution in [0.25, 0.3) is 0 Å². The molecule has 0 aliphatic heterocycles. The maximum Gasteiger partial charge on any atom is 0.00878 e. The van der Waals surface area contributed by atoms with Crippen molar-refractivity contribution in [2.24, 2.45) is 17.1 Å². The minimum Gasteiger partial charge on any atom is -0.330 e. The third-order valence-electron chi connectivity index (χ3n) is 3.36. The summed E-state index contributed by atoms with van der Waals surface area (Å²) in [5.41, 5.74) is 7.57. The summed E-state index contributed by atoms with van der Waals surface area (Å²) in [6, 6.07) is 2.31. The molecule has 2 rings (SSSR count). The van der Waals surface area contributed by atoms with E-state index in [0.717, 1.165) is 12.5 Å². The number of hydrogen-bond donors (Lipinski definition) is 1. The van der Waals surface area contributed by atoms with E-state index >= 15 is 0 Å². The number of rotatable bonds is 2. The lowest BCUT2D eigenvalue weighted by atomic mass is 10.1. The van der Waals surface area contributed by atoms with Gasteiger partial charge in [0.25, 0.3) is 0 Å². The summed E-state index contributed by atoms with van der Waals surface area (Å²) in [6.45, 7) is 7.63. The number of nitrogens with two attached hydrogens (primary N) is 1. The van der Waals surface area contributed by atoms with Gasteiger partial charge in [-0.1, -0.05) is 13.8 Å². The molecule has 2 atom stereocenters. The van der Waals surface area contributed by atoms with Crippen LogP contribution in [-0.2, 0) is 0 Å². The molecular formula is C11H17NS. The molecule has 1 aliphatic carbocycles. The van der Waals surface area contributed by atoms with Crippen molar-refractivity contribution < 1.29 is 0 Å². The predicted octanol–water partition coefficient (Wildman–Crippen LogP) is 2.75. The molecule has 13 heavy (non-hydrogen) atoms. The van der Waals surface area contributed by atoms with Crippen LogP contribution in [0.1, 0.15) is 30.2 Å². The highest BCUT2D eigenvalue weighted by atomic mass is 32.1. The van der Waals surface area contributed by atoms with E-state index in [9.17, 15) is 0 Å². The standard InChI is InChI=1S/C11H17NS/c1-7-4-9(13-6-7)10-8(5-12)11(10,2)3/h4,6,8,10H,5,12H2,1-3H3/t8-,10+/m1/s1. The van der Waals surface area contributed by atoms with Gasteiger partial charge in [0.15, 0.2) is 0 Å². The van der Waals surface area contributed by atoms with E-state index < -0.39 is 0 Å². The van der Waals surface area contributed by atoms with Gasteiger partial charge >= 0.3 is 0 Å². The molecule has 0 aromatic carbocycles. The lowest BCUT2D eigenvalue weighted by Crippen LogP contribution is -2.05. The largest absolute Gasteiger partial charge is 0.330 e. The number of aryl methyl sites for hydroxylation is 1. The van der Waals surface area contributed by atoms with Gasteiger partial charge < -0.3 is 5.73 Å². The molecule has 1 fully saturated rings. The highest BCUT2D eigenvalue weighted by Crippen LogP contribution is 2.64. The lowest BCUT2D eigenvalue weighted by molar-refractivity contribution is 0.559. The highest BCUT2D eigenvalue weighted by molar-refractivity contribution is 7.10. The Hall–Kier alpha value is -0.340. The van der Waals surface area contributed by atoms with Crippen molar-refractivity contribution in [3.05, 3.63) is 21.9 Å². The average molecular weight is 195 g/mol. The van der Waals surface area contributed by atoms with E-state index in [-0.39, 0.29) is 0 Å². The lowest BCUT2D eigenvalue weighted by Gasteiger charge is -1.98. The first-order chi connectivity index (χ1) is 6.07. The van der Waals surface area contributed by atoms with Crippen LogP contribution in [0, 0.1) is 18.3 Å². The Morgan fingerprint density at radius 1 is 1.54 bits per heavy atom. The van der Waals surface area contributed by atoms with Gasteiger partial charge in [-0.2, -0.15) is 0 Å². The second kappa shape index (κ2) is 2.82. The van der Waals surface area contributed by atoms with Crippen molar-refractivity contribution >= 4 is 11.3 Å². The van der Waals surface area contributed by atoms with Crippen molar-refractivity contribution in [3.8, 4) is 0 Å². The Morgan fingerprint density at radius 2 is 2.23 bits per heavy atom. The quantitative estimate of drug-likeness (QED) is 0.771. The van der Waals surface area contributed by atoms with E-state index in [2.05, 4.69) is 32.2 Å². The molecule has 1 heterocycles. The maximum absolute atomic E-state index is 5.75. The summed E-state index contributed by atoms with van der Waals surface area (Å²) in [5, 5.41) is 2.23. The van der Waals surface area contributed by atoms with Crippen LogP contribution in [0.5, 0.6) is 0 Å². The first kappa shape index (κ1) is 9.22. The first-order valence-electron chi connectivity index (χ1n) is 4.82. The Bertz CT molecular complexity index is 314. The van der Waals surface area contributed by atoms with Crippen LogP contribution in [0.3, 0.4) is 0 Å². The van der Waals surface area contributed by atoms with Crippen LogP contribution in [0.15, 0.2) is 11.4 Å². The summed E-state index contributed by atoms with van der Waals surface area (Å²) < 4.78 is 0. The van der Waals surface area contributed by atoms with Crippen molar-refractivity contribution in [2.75, 3.05) is 6.54 Å². The smallest absolute Gasteiger partial charge is 0.00878 e. The van der Waals surface area contributed by atoms with E-state index in [4.69, 9.17) is 5.73 Å². The van der Waals surface area contributed by atoms with Crippen LogP contribution >= 0.6 is 11.3 Å². The Morgan fingerprint density at radius 3 is 2.62 bits per heavy atom. The number of hydrogen-bond acceptors (Lipinski definition) is 2. The topological polar surface area (TPSA) is 26.0 Å². The van der Waals surface area contributed by atoms with Crippen LogP contribution in [-0.4, -0.2) is 6.54 Å². The molecule has 1 saturated carbocycles. The van der Waals surface area contributed by atoms with Crippen molar-refractivity contribution in [1.82, 2.24) is 0 Å². The van der Waals surface area contributed by atoms with Gasteiger partial charge in [-0.15, -0.1) is 11.3 Å². The predicted molar refractivity (Wildman–Crippen MR) is 58.1 cm³/mol. The van der Waals surface area contributed by atoms with Gasteiger partial charge in [0.05, 0.1) is 0 Å². The van der Waals surface area contributed by atoms with E-state index in [0.29, 0.717) is 11.3 Å². The van der Waals surface area contributed by atoms with Crippen LogP contribution in [0.4, 0.5) is 0 Å². The van der Waals surface area contributed by atoms with Gasteiger partial charge in [-0.05, 0) is 41.8 Å². The van der Waals surface area contributed by atoms with Gasteiger partial charge in [0.2, 0.25) is 0 Å². The molecule has 0 radical (unpaired) electrons. The number of thiophene rings is 1. The van der Waals surface area contributed by atoms with Gasteiger partial charge in [-0.25, -0.2) is 0 Å². The molecule has 1 aromatic rings. The second-order valence-corrected chi connectivity index (χ2v) is 5.61. The average Bonchev–Trinajstić information content (AvgIpc) is 2.41. The normalized spacial score (nSPS) is 30.5. The fourth-order valence-corrected chi connectivity index (χ4v) is 3.62. The maximum atomic E-state index is 5.75. The van der Waals surface area contributed by atoms with Crippen molar-refractivity contribution in [2.45, 2.75) is 26.7 Å². The minimum atomic E-state index is 0.437. The molecule has 1 nitrogen and oxygen atoms in total. The zero-order valence-electron chi connectivity index (χ0n) is 8.50. The van der Waals surface area contributed by atoms with E-state index in [1.807, 2.05) is 11.3 Å². The summed E-state index contributed by atoms with van der Waals surface area (Å²) in [6.07, 6.45) is 0. The van der Waals surface area contributed by atoms with Crippen LogP contribution in [0.2, 0.25) is 0 Å². The van der Waals surface area contributed by atoms with Gasteiger partial charge in [-0.3, -0.25) is 0 Å². The zero-order valence-corrected chi connectivity index (χ0v) is 9.32. The molecule has 72 valence electrons. The summed E-state index contributed by atoms with van der Waals surface area (Å²) in [4.78, 5) is 1.53. The molecular weight excluding hydrogens is 178 g/mol. The van der Waals surface area contributed by atoms with Gasteiger partial charge in [0, 0.05) is 10.8 Å². The molecule has 0 spiro atoms. The fraction of sp³-hybridized carbons (Fsp3) is 0.636. The highest BCUT2D eigenvalue weighted by Gasteiger charge is 2.57. The van der Waals surface area contributed by atoms with Crippen LogP contribution < -0.4 is 5.73 Å². The molecule has 0 unspecified atom stereocenters. The summed E-state index contributed by atoms with van der Waals surface area (Å²) in [7, 11) is 0. The molecule has 2 heteroatoms. The fourth-order valence-electron chi connectivity index (χ4n) is 2.37. The molecule has 0 bridgehead atoms. The molecule has 0 saturated heterocycles. The van der Waals surface area contributed by atoms with Gasteiger partial charge in [0.1, 0.15) is 0 Å². The Labute approximate surface area is 84.0 Å². The molecule has 1 aliphatic rings. The summed E-state index contributed by atoms with van der Waals surface area (Å²) in [5.74, 6) is 1.42. The second-order valence-electron chi connectivity index (χ2n) is 4.67.